The first kappa shape index (κ1) is 17.5. The van der Waals surface area contributed by atoms with E-state index in [1.807, 2.05) is 56.3 Å². The molecule has 2 aromatic carbocycles. The lowest BCUT2D eigenvalue weighted by atomic mass is 10.1. The number of amides is 2. The van der Waals surface area contributed by atoms with E-state index in [1.54, 1.807) is 12.1 Å². The van der Waals surface area contributed by atoms with Gasteiger partial charge in [0.1, 0.15) is 5.75 Å². The van der Waals surface area contributed by atoms with Gasteiger partial charge in [-0.05, 0) is 30.2 Å². The predicted octanol–water partition coefficient (Wildman–Crippen LogP) is 3.58. The van der Waals surface area contributed by atoms with Crippen molar-refractivity contribution in [3.8, 4) is 11.5 Å². The lowest BCUT2D eigenvalue weighted by Crippen LogP contribution is -2.33. The van der Waals surface area contributed by atoms with Gasteiger partial charge in [-0.25, -0.2) is 0 Å². The molecule has 0 saturated heterocycles. The minimum absolute atomic E-state index is 0.0643. The van der Waals surface area contributed by atoms with Gasteiger partial charge in [0.15, 0.2) is 5.75 Å². The highest BCUT2D eigenvalue weighted by atomic mass is 16.5. The van der Waals surface area contributed by atoms with Gasteiger partial charge >= 0.3 is 0 Å². The molecule has 0 saturated carbocycles. The number of hydrogen-bond donors (Lipinski definition) is 2. The normalized spacial score (nSPS) is 10.3. The summed E-state index contributed by atoms with van der Waals surface area (Å²) < 4.78 is 5.79. The molecule has 0 heterocycles. The maximum Gasteiger partial charge on any atom is 0.243 e. The third kappa shape index (κ3) is 5.76. The maximum absolute atomic E-state index is 12.0. The number of benzene rings is 2. The molecular formula is C19H22N2O3. The Kier molecular flexibility index (Phi) is 6.37. The molecule has 126 valence electrons. The first-order chi connectivity index (χ1) is 11.5. The summed E-state index contributed by atoms with van der Waals surface area (Å²) >= 11 is 0. The van der Waals surface area contributed by atoms with Crippen molar-refractivity contribution in [1.82, 2.24) is 5.32 Å². The van der Waals surface area contributed by atoms with Crippen LogP contribution in [-0.2, 0) is 9.59 Å². The number of para-hydroxylation sites is 3. The van der Waals surface area contributed by atoms with E-state index in [4.69, 9.17) is 4.74 Å². The first-order valence-electron chi connectivity index (χ1n) is 7.93. The van der Waals surface area contributed by atoms with Crippen molar-refractivity contribution in [3.63, 3.8) is 0 Å². The zero-order chi connectivity index (χ0) is 17.4. The van der Waals surface area contributed by atoms with Crippen molar-refractivity contribution < 1.29 is 14.3 Å². The Morgan fingerprint density at radius 1 is 0.958 bits per heavy atom. The lowest BCUT2D eigenvalue weighted by molar-refractivity contribution is -0.124. The molecule has 5 nitrogen and oxygen atoms in total. The molecule has 0 atom stereocenters. The summed E-state index contributed by atoms with van der Waals surface area (Å²) in [4.78, 5) is 23.6. The summed E-state index contributed by atoms with van der Waals surface area (Å²) in [6.45, 7) is 3.85. The Morgan fingerprint density at radius 2 is 1.62 bits per heavy atom. The Hall–Kier alpha value is -2.82. The number of carbonyl (C=O) groups excluding carboxylic acids is 2. The number of carbonyl (C=O) groups is 2. The number of anilines is 1. The molecule has 0 fully saturated rings. The number of ether oxygens (including phenoxy) is 1. The van der Waals surface area contributed by atoms with E-state index in [1.165, 1.54) is 0 Å². The minimum atomic E-state index is -0.295. The fraction of sp³-hybridized carbons (Fsp3) is 0.263. The third-order valence-corrected chi connectivity index (χ3v) is 3.17. The second-order valence-electron chi connectivity index (χ2n) is 5.83. The summed E-state index contributed by atoms with van der Waals surface area (Å²) in [7, 11) is 0. The van der Waals surface area contributed by atoms with Gasteiger partial charge in [0, 0.05) is 6.42 Å². The number of rotatable bonds is 7. The number of nitrogens with one attached hydrogen (secondary N) is 2. The largest absolute Gasteiger partial charge is 0.455 e. The highest BCUT2D eigenvalue weighted by Crippen LogP contribution is 2.28. The number of hydrogen-bond acceptors (Lipinski definition) is 3. The molecule has 0 bridgehead atoms. The van der Waals surface area contributed by atoms with Crippen molar-refractivity contribution in [3.05, 3.63) is 54.6 Å². The van der Waals surface area contributed by atoms with Gasteiger partial charge in [0.25, 0.3) is 0 Å². The van der Waals surface area contributed by atoms with E-state index in [-0.39, 0.29) is 24.3 Å². The third-order valence-electron chi connectivity index (χ3n) is 3.17. The summed E-state index contributed by atoms with van der Waals surface area (Å²) in [6, 6.07) is 16.5. The molecule has 0 unspecified atom stereocenters. The van der Waals surface area contributed by atoms with Crippen molar-refractivity contribution in [2.75, 3.05) is 11.9 Å². The van der Waals surface area contributed by atoms with Gasteiger partial charge in [-0.3, -0.25) is 9.59 Å². The lowest BCUT2D eigenvalue weighted by Gasteiger charge is -2.12. The Bertz CT molecular complexity index is 684. The van der Waals surface area contributed by atoms with E-state index < -0.39 is 0 Å². The fourth-order valence-corrected chi connectivity index (χ4v) is 2.09. The topological polar surface area (TPSA) is 67.4 Å². The molecule has 0 aliphatic heterocycles. The molecule has 2 aromatic rings. The molecule has 0 aliphatic rings. The van der Waals surface area contributed by atoms with Crippen molar-refractivity contribution in [2.24, 2.45) is 5.92 Å². The smallest absolute Gasteiger partial charge is 0.243 e. The quantitative estimate of drug-likeness (QED) is 0.817. The Morgan fingerprint density at radius 3 is 2.33 bits per heavy atom. The van der Waals surface area contributed by atoms with Crippen LogP contribution in [0, 0.1) is 5.92 Å². The van der Waals surface area contributed by atoms with E-state index in [0.29, 0.717) is 23.6 Å². The Balaban J connectivity index is 1.94. The van der Waals surface area contributed by atoms with Crippen LogP contribution in [0.25, 0.3) is 0 Å². The van der Waals surface area contributed by atoms with E-state index in [9.17, 15) is 9.59 Å². The van der Waals surface area contributed by atoms with Crippen LogP contribution in [-0.4, -0.2) is 18.4 Å². The van der Waals surface area contributed by atoms with Crippen LogP contribution < -0.4 is 15.4 Å². The monoisotopic (exact) mass is 326 g/mol. The maximum atomic E-state index is 12.0. The second-order valence-corrected chi connectivity index (χ2v) is 5.83. The minimum Gasteiger partial charge on any atom is -0.455 e. The van der Waals surface area contributed by atoms with Crippen molar-refractivity contribution in [1.29, 1.82) is 0 Å². The van der Waals surface area contributed by atoms with E-state index in [0.717, 1.165) is 0 Å². The van der Waals surface area contributed by atoms with Gasteiger partial charge in [-0.2, -0.15) is 0 Å². The fourth-order valence-electron chi connectivity index (χ4n) is 2.09. The zero-order valence-corrected chi connectivity index (χ0v) is 13.9. The molecular weight excluding hydrogens is 304 g/mol. The van der Waals surface area contributed by atoms with E-state index in [2.05, 4.69) is 10.6 Å². The van der Waals surface area contributed by atoms with Gasteiger partial charge in [-0.1, -0.05) is 44.2 Å². The van der Waals surface area contributed by atoms with Crippen LogP contribution in [0.3, 0.4) is 0 Å². The average molecular weight is 326 g/mol. The van der Waals surface area contributed by atoms with Gasteiger partial charge in [-0.15, -0.1) is 0 Å². The molecule has 0 aliphatic carbocycles. The summed E-state index contributed by atoms with van der Waals surface area (Å²) in [5, 5.41) is 5.37. The molecule has 24 heavy (non-hydrogen) atoms. The second kappa shape index (κ2) is 8.72. The SMILES string of the molecule is CC(C)CC(=O)NCC(=O)Nc1ccccc1Oc1ccccc1. The van der Waals surface area contributed by atoms with Crippen LogP contribution in [0.4, 0.5) is 5.69 Å². The van der Waals surface area contributed by atoms with Crippen LogP contribution in [0.1, 0.15) is 20.3 Å². The summed E-state index contributed by atoms with van der Waals surface area (Å²) in [6.07, 6.45) is 0.404. The highest BCUT2D eigenvalue weighted by Gasteiger charge is 2.10. The standard InChI is InChI=1S/C19H22N2O3/c1-14(2)12-18(22)20-13-19(23)21-16-10-6-7-11-17(16)24-15-8-4-3-5-9-15/h3-11,14H,12-13H2,1-2H3,(H,20,22)(H,21,23). The highest BCUT2D eigenvalue weighted by molar-refractivity contribution is 5.95. The van der Waals surface area contributed by atoms with Gasteiger partial charge in [0.05, 0.1) is 12.2 Å². The molecule has 2 N–H and O–H groups in total. The molecule has 2 amide bonds. The molecule has 0 aromatic heterocycles. The molecule has 0 spiro atoms. The summed E-state index contributed by atoms with van der Waals surface area (Å²) in [5.74, 6) is 1.06. The van der Waals surface area contributed by atoms with Gasteiger partial charge in [0.2, 0.25) is 11.8 Å². The van der Waals surface area contributed by atoms with Crippen molar-refractivity contribution in [2.45, 2.75) is 20.3 Å². The van der Waals surface area contributed by atoms with E-state index >= 15 is 0 Å². The Labute approximate surface area is 142 Å². The van der Waals surface area contributed by atoms with Crippen LogP contribution >= 0.6 is 0 Å². The van der Waals surface area contributed by atoms with Crippen LogP contribution in [0.5, 0.6) is 11.5 Å². The van der Waals surface area contributed by atoms with Gasteiger partial charge < -0.3 is 15.4 Å². The predicted molar refractivity (Wildman–Crippen MR) is 94.1 cm³/mol. The van der Waals surface area contributed by atoms with Crippen LogP contribution in [0.2, 0.25) is 0 Å². The average Bonchev–Trinajstić information content (AvgIpc) is 2.55. The first-order valence-corrected chi connectivity index (χ1v) is 7.93. The van der Waals surface area contributed by atoms with Crippen LogP contribution in [0.15, 0.2) is 54.6 Å². The summed E-state index contributed by atoms with van der Waals surface area (Å²) in [5.41, 5.74) is 0.560. The molecule has 2 rings (SSSR count). The zero-order valence-electron chi connectivity index (χ0n) is 13.9. The van der Waals surface area contributed by atoms with Crippen molar-refractivity contribution >= 4 is 17.5 Å². The molecule has 5 heteroatoms. The molecule has 0 radical (unpaired) electrons.